The van der Waals surface area contributed by atoms with Crippen LogP contribution in [0.5, 0.6) is 11.5 Å². The largest absolute Gasteiger partial charge is 0.496 e. The average molecular weight is 355 g/mol. The van der Waals surface area contributed by atoms with Crippen molar-refractivity contribution in [2.45, 2.75) is 13.8 Å². The van der Waals surface area contributed by atoms with E-state index in [0.29, 0.717) is 29.4 Å². The minimum Gasteiger partial charge on any atom is -0.496 e. The van der Waals surface area contributed by atoms with Gasteiger partial charge in [0, 0.05) is 24.2 Å². The van der Waals surface area contributed by atoms with Gasteiger partial charge in [0.1, 0.15) is 11.5 Å². The van der Waals surface area contributed by atoms with Gasteiger partial charge in [-0.2, -0.15) is 5.10 Å². The van der Waals surface area contributed by atoms with Gasteiger partial charge < -0.3 is 14.8 Å². The summed E-state index contributed by atoms with van der Waals surface area (Å²) in [6.07, 6.45) is 1.50. The molecule has 136 valence electrons. The van der Waals surface area contributed by atoms with Gasteiger partial charge in [0.15, 0.2) is 0 Å². The summed E-state index contributed by atoms with van der Waals surface area (Å²) in [6.45, 7) is 3.61. The first-order chi connectivity index (χ1) is 12.5. The normalized spacial score (nSPS) is 10.4. The molecule has 7 nitrogen and oxygen atoms in total. The van der Waals surface area contributed by atoms with Crippen molar-refractivity contribution in [1.29, 1.82) is 0 Å². The highest BCUT2D eigenvalue weighted by Crippen LogP contribution is 2.24. The van der Waals surface area contributed by atoms with Crippen molar-refractivity contribution in [1.82, 2.24) is 5.43 Å². The van der Waals surface area contributed by atoms with Crippen LogP contribution in [0.4, 0.5) is 5.69 Å². The van der Waals surface area contributed by atoms with Gasteiger partial charge in [0.25, 0.3) is 5.91 Å². The molecule has 0 saturated carbocycles. The van der Waals surface area contributed by atoms with E-state index in [1.54, 1.807) is 31.4 Å². The molecule has 2 aromatic carbocycles. The number of hydrogen-bond donors (Lipinski definition) is 2. The number of para-hydroxylation sites is 1. The number of rotatable bonds is 7. The van der Waals surface area contributed by atoms with Crippen molar-refractivity contribution >= 4 is 23.7 Å². The number of anilines is 1. The number of carbonyl (C=O) groups is 2. The number of hydrogen-bond acceptors (Lipinski definition) is 5. The maximum atomic E-state index is 12.4. The minimum absolute atomic E-state index is 0.203. The SMILES string of the molecule is CCOc1cc(NC(C)=O)ccc1C(=O)N/N=C\c1ccccc1OC. The molecule has 0 aromatic heterocycles. The van der Waals surface area contributed by atoms with Crippen molar-refractivity contribution in [3.63, 3.8) is 0 Å². The van der Waals surface area contributed by atoms with Crippen molar-refractivity contribution in [3.05, 3.63) is 53.6 Å². The molecule has 0 aliphatic rings. The maximum Gasteiger partial charge on any atom is 0.275 e. The summed E-state index contributed by atoms with van der Waals surface area (Å²) in [5.41, 5.74) is 4.07. The number of nitrogens with one attached hydrogen (secondary N) is 2. The van der Waals surface area contributed by atoms with E-state index in [1.165, 1.54) is 13.1 Å². The van der Waals surface area contributed by atoms with E-state index in [0.717, 1.165) is 5.56 Å². The van der Waals surface area contributed by atoms with Crippen LogP contribution in [0.15, 0.2) is 47.6 Å². The van der Waals surface area contributed by atoms with Crippen LogP contribution in [0.2, 0.25) is 0 Å². The Morgan fingerprint density at radius 2 is 1.92 bits per heavy atom. The number of benzene rings is 2. The number of nitrogens with zero attached hydrogens (tertiary/aromatic N) is 1. The first-order valence-electron chi connectivity index (χ1n) is 8.06. The molecule has 2 amide bonds. The van der Waals surface area contributed by atoms with Crippen molar-refractivity contribution in [2.75, 3.05) is 19.0 Å². The van der Waals surface area contributed by atoms with E-state index in [2.05, 4.69) is 15.8 Å². The van der Waals surface area contributed by atoms with Crippen molar-refractivity contribution in [3.8, 4) is 11.5 Å². The fraction of sp³-hybridized carbons (Fsp3) is 0.211. The third-order valence-corrected chi connectivity index (χ3v) is 3.36. The zero-order valence-corrected chi connectivity index (χ0v) is 14.9. The van der Waals surface area contributed by atoms with Gasteiger partial charge in [-0.3, -0.25) is 9.59 Å². The quantitative estimate of drug-likeness (QED) is 0.590. The van der Waals surface area contributed by atoms with Crippen LogP contribution in [0.1, 0.15) is 29.8 Å². The third-order valence-electron chi connectivity index (χ3n) is 3.36. The number of ether oxygens (including phenoxy) is 2. The topological polar surface area (TPSA) is 89.0 Å². The monoisotopic (exact) mass is 355 g/mol. The summed E-state index contributed by atoms with van der Waals surface area (Å²) < 4.78 is 10.7. The molecule has 7 heteroatoms. The van der Waals surface area contributed by atoms with Gasteiger partial charge in [0.05, 0.1) is 25.5 Å². The average Bonchev–Trinajstić information content (AvgIpc) is 2.62. The summed E-state index contributed by atoms with van der Waals surface area (Å²) in [4.78, 5) is 23.6. The van der Waals surface area contributed by atoms with Crippen LogP contribution in [0, 0.1) is 0 Å². The fourth-order valence-electron chi connectivity index (χ4n) is 2.26. The molecular weight excluding hydrogens is 334 g/mol. The number of amides is 2. The Hall–Kier alpha value is -3.35. The Kier molecular flexibility index (Phi) is 6.73. The van der Waals surface area contributed by atoms with Crippen LogP contribution in [-0.4, -0.2) is 31.7 Å². The highest BCUT2D eigenvalue weighted by molar-refractivity contribution is 5.99. The first kappa shape index (κ1) is 19.0. The molecule has 0 radical (unpaired) electrons. The zero-order valence-electron chi connectivity index (χ0n) is 14.9. The number of carbonyl (C=O) groups excluding carboxylic acids is 2. The third kappa shape index (κ3) is 5.07. The molecule has 0 atom stereocenters. The summed E-state index contributed by atoms with van der Waals surface area (Å²) in [7, 11) is 1.57. The second kappa shape index (κ2) is 9.22. The molecular formula is C19H21N3O4. The second-order valence-corrected chi connectivity index (χ2v) is 5.27. The summed E-state index contributed by atoms with van der Waals surface area (Å²) in [5, 5.41) is 6.62. The molecule has 0 bridgehead atoms. The molecule has 26 heavy (non-hydrogen) atoms. The molecule has 0 unspecified atom stereocenters. The fourth-order valence-corrected chi connectivity index (χ4v) is 2.26. The Balaban J connectivity index is 2.15. The van der Waals surface area contributed by atoms with Crippen LogP contribution in [0.25, 0.3) is 0 Å². The maximum absolute atomic E-state index is 12.4. The highest BCUT2D eigenvalue weighted by atomic mass is 16.5. The van der Waals surface area contributed by atoms with Gasteiger partial charge >= 0.3 is 0 Å². The Labute approximate surface area is 152 Å². The molecule has 0 aliphatic heterocycles. The lowest BCUT2D eigenvalue weighted by Gasteiger charge is -2.11. The number of hydrazone groups is 1. The summed E-state index contributed by atoms with van der Waals surface area (Å²) in [6, 6.07) is 12.1. The number of methoxy groups -OCH3 is 1. The van der Waals surface area contributed by atoms with Gasteiger partial charge in [-0.25, -0.2) is 5.43 Å². The lowest BCUT2D eigenvalue weighted by atomic mass is 10.1. The van der Waals surface area contributed by atoms with E-state index in [-0.39, 0.29) is 5.91 Å². The Morgan fingerprint density at radius 3 is 2.62 bits per heavy atom. The van der Waals surface area contributed by atoms with Crippen molar-refractivity contribution in [2.24, 2.45) is 5.10 Å². The molecule has 0 heterocycles. The van der Waals surface area contributed by atoms with Crippen LogP contribution < -0.4 is 20.2 Å². The van der Waals surface area contributed by atoms with E-state index >= 15 is 0 Å². The smallest absolute Gasteiger partial charge is 0.275 e. The predicted octanol–water partition coefficient (Wildman–Crippen LogP) is 2.82. The first-order valence-corrected chi connectivity index (χ1v) is 8.06. The molecule has 0 fully saturated rings. The zero-order chi connectivity index (χ0) is 18.9. The van der Waals surface area contributed by atoms with Gasteiger partial charge in [-0.05, 0) is 31.2 Å². The van der Waals surface area contributed by atoms with Crippen molar-refractivity contribution < 1.29 is 19.1 Å². The van der Waals surface area contributed by atoms with Gasteiger partial charge in [-0.1, -0.05) is 12.1 Å². The Morgan fingerprint density at radius 1 is 1.15 bits per heavy atom. The summed E-state index contributed by atoms with van der Waals surface area (Å²) >= 11 is 0. The van der Waals surface area contributed by atoms with E-state index in [4.69, 9.17) is 9.47 Å². The lowest BCUT2D eigenvalue weighted by Crippen LogP contribution is -2.19. The molecule has 2 rings (SSSR count). The summed E-state index contributed by atoms with van der Waals surface area (Å²) in [5.74, 6) is 0.393. The highest BCUT2D eigenvalue weighted by Gasteiger charge is 2.13. The molecule has 2 N–H and O–H groups in total. The van der Waals surface area contributed by atoms with Crippen LogP contribution >= 0.6 is 0 Å². The van der Waals surface area contributed by atoms with Crippen LogP contribution in [-0.2, 0) is 4.79 Å². The molecule has 0 spiro atoms. The lowest BCUT2D eigenvalue weighted by molar-refractivity contribution is -0.114. The Bertz CT molecular complexity index is 818. The van der Waals surface area contributed by atoms with E-state index in [1.807, 2.05) is 25.1 Å². The van der Waals surface area contributed by atoms with E-state index in [9.17, 15) is 9.59 Å². The molecule has 0 aliphatic carbocycles. The minimum atomic E-state index is -0.422. The molecule has 2 aromatic rings. The predicted molar refractivity (Wildman–Crippen MR) is 100.0 cm³/mol. The van der Waals surface area contributed by atoms with Gasteiger partial charge in [0.2, 0.25) is 5.91 Å². The molecule has 0 saturated heterocycles. The second-order valence-electron chi connectivity index (χ2n) is 5.27. The van der Waals surface area contributed by atoms with Crippen LogP contribution in [0.3, 0.4) is 0 Å². The van der Waals surface area contributed by atoms with E-state index < -0.39 is 5.91 Å². The van der Waals surface area contributed by atoms with Gasteiger partial charge in [-0.15, -0.1) is 0 Å². The standard InChI is InChI=1S/C19H21N3O4/c1-4-26-18-11-15(21-13(2)23)9-10-16(18)19(24)22-20-12-14-7-5-6-8-17(14)25-3/h5-12H,4H2,1-3H3,(H,21,23)(H,22,24)/b20-12-.